The van der Waals surface area contributed by atoms with Crippen LogP contribution >= 0.6 is 0 Å². The first kappa shape index (κ1) is 24.6. The molecule has 6 N–H and O–H groups in total. The Morgan fingerprint density at radius 3 is 1.00 bits per heavy atom. The number of phenols is 3. The fourth-order valence-electron chi connectivity index (χ4n) is 4.92. The van der Waals surface area contributed by atoms with Gasteiger partial charge in [0, 0.05) is 69.6 Å². The number of hydrogen-bond donors (Lipinski definition) is 6. The van der Waals surface area contributed by atoms with Gasteiger partial charge in [0.25, 0.3) is 0 Å². The highest BCUT2D eigenvalue weighted by molar-refractivity contribution is 5.89. The number of rotatable bonds is 0. The molecule has 0 amide bonds. The van der Waals surface area contributed by atoms with Crippen molar-refractivity contribution in [3.8, 4) is 52.8 Å². The van der Waals surface area contributed by atoms with Crippen LogP contribution in [-0.2, 0) is 0 Å². The lowest BCUT2D eigenvalue weighted by Crippen LogP contribution is -1.85. The molecule has 7 rings (SSSR count). The summed E-state index contributed by atoms with van der Waals surface area (Å²) < 4.78 is 0. The second-order valence-corrected chi connectivity index (χ2v) is 9.85. The van der Waals surface area contributed by atoms with Crippen molar-refractivity contribution < 1.29 is 15.3 Å². The molecule has 42 heavy (non-hydrogen) atoms. The molecule has 0 aliphatic rings. The molecular weight excluding hydrogens is 522 g/mol. The Hall–Kier alpha value is -6.42. The molecule has 0 saturated carbocycles. The van der Waals surface area contributed by atoms with E-state index in [0.29, 0.717) is 0 Å². The Labute approximate surface area is 240 Å². The molecule has 0 aliphatic carbocycles. The highest BCUT2D eigenvalue weighted by atomic mass is 16.3. The van der Waals surface area contributed by atoms with Gasteiger partial charge >= 0.3 is 0 Å². The molecule has 0 fully saturated rings. The van der Waals surface area contributed by atoms with Crippen molar-refractivity contribution in [1.29, 1.82) is 0 Å². The summed E-state index contributed by atoms with van der Waals surface area (Å²) in [6.45, 7) is 0. The van der Waals surface area contributed by atoms with Crippen LogP contribution < -0.4 is 0 Å². The zero-order valence-electron chi connectivity index (χ0n) is 22.0. The second-order valence-electron chi connectivity index (χ2n) is 9.85. The summed E-state index contributed by atoms with van der Waals surface area (Å²) in [4.78, 5) is 9.45. The minimum atomic E-state index is 0.192. The summed E-state index contributed by atoms with van der Waals surface area (Å²) in [6.07, 6.45) is 5.47. The summed E-state index contributed by atoms with van der Waals surface area (Å²) in [5, 5.41) is 32.1. The van der Waals surface area contributed by atoms with Gasteiger partial charge in [-0.1, -0.05) is 35.5 Å². The van der Waals surface area contributed by atoms with E-state index in [2.05, 4.69) is 50.5 Å². The van der Waals surface area contributed by atoms with E-state index in [1.807, 2.05) is 55.0 Å². The number of benzene rings is 4. The molecule has 0 radical (unpaired) electrons. The highest BCUT2D eigenvalue weighted by Crippen LogP contribution is 2.24. The minimum absolute atomic E-state index is 0.192. The van der Waals surface area contributed by atoms with Gasteiger partial charge in [0.15, 0.2) is 0 Å². The molecule has 0 saturated heterocycles. The van der Waals surface area contributed by atoms with Crippen molar-refractivity contribution >= 4 is 32.7 Å². The summed E-state index contributed by atoms with van der Waals surface area (Å²) in [5.74, 6) is 20.1. The molecule has 7 aromatic rings. The normalized spacial score (nSPS) is 10.6. The van der Waals surface area contributed by atoms with Crippen LogP contribution in [0.5, 0.6) is 17.2 Å². The van der Waals surface area contributed by atoms with Gasteiger partial charge in [-0.2, -0.15) is 0 Å². The van der Waals surface area contributed by atoms with Gasteiger partial charge in [0.05, 0.1) is 33.2 Å². The maximum Gasteiger partial charge on any atom is 0.117 e. The van der Waals surface area contributed by atoms with Crippen molar-refractivity contribution in [3.05, 3.63) is 125 Å². The van der Waals surface area contributed by atoms with Crippen LogP contribution in [-0.4, -0.2) is 30.3 Å². The molecule has 6 nitrogen and oxygen atoms in total. The molecule has 3 heterocycles. The summed E-state index contributed by atoms with van der Waals surface area (Å²) in [7, 11) is 0. The second kappa shape index (κ2) is 9.96. The maximum atomic E-state index is 9.78. The zero-order valence-corrected chi connectivity index (χ0v) is 22.0. The predicted molar refractivity (Wildman–Crippen MR) is 164 cm³/mol. The third-order valence-electron chi connectivity index (χ3n) is 6.95. The number of fused-ring (bicyclic) bond motifs is 3. The van der Waals surface area contributed by atoms with Gasteiger partial charge in [0.2, 0.25) is 0 Å². The lowest BCUT2D eigenvalue weighted by molar-refractivity contribution is 0.475. The lowest BCUT2D eigenvalue weighted by Gasteiger charge is -1.98. The quantitative estimate of drug-likeness (QED) is 0.124. The topological polar surface area (TPSA) is 108 Å². The van der Waals surface area contributed by atoms with Gasteiger partial charge in [-0.05, 0) is 54.6 Å². The van der Waals surface area contributed by atoms with Gasteiger partial charge < -0.3 is 30.3 Å². The van der Waals surface area contributed by atoms with Crippen molar-refractivity contribution in [2.45, 2.75) is 0 Å². The van der Waals surface area contributed by atoms with Gasteiger partial charge in [-0.25, -0.2) is 0 Å². The SMILES string of the molecule is Oc1ccc2c(C#Cc3cc(C#Cc4c[nH]c5cc(O)ccc45)cc(C#Cc4c[nH]c5cc(O)ccc45)c3)c[nH]c2c1. The molecule has 0 bridgehead atoms. The molecule has 198 valence electrons. The van der Waals surface area contributed by atoms with Crippen molar-refractivity contribution in [1.82, 2.24) is 15.0 Å². The Morgan fingerprint density at radius 1 is 0.381 bits per heavy atom. The van der Waals surface area contributed by atoms with Crippen LogP contribution in [0.1, 0.15) is 33.4 Å². The van der Waals surface area contributed by atoms with Crippen LogP contribution in [0.3, 0.4) is 0 Å². The Kier molecular flexibility index (Phi) is 5.83. The third-order valence-corrected chi connectivity index (χ3v) is 6.95. The number of phenolic OH excluding ortho intramolecular Hbond substituents is 3. The maximum absolute atomic E-state index is 9.78. The minimum Gasteiger partial charge on any atom is -0.508 e. The van der Waals surface area contributed by atoms with Gasteiger partial charge in [-0.3, -0.25) is 0 Å². The number of aromatic hydroxyl groups is 3. The van der Waals surface area contributed by atoms with Crippen molar-refractivity contribution in [2.24, 2.45) is 0 Å². The molecule has 4 aromatic carbocycles. The van der Waals surface area contributed by atoms with E-state index >= 15 is 0 Å². The number of H-pyrrole nitrogens is 3. The lowest BCUT2D eigenvalue weighted by atomic mass is 10.0. The number of aromatic nitrogens is 3. The van der Waals surface area contributed by atoms with E-state index in [9.17, 15) is 15.3 Å². The van der Waals surface area contributed by atoms with E-state index in [-0.39, 0.29) is 17.2 Å². The van der Waals surface area contributed by atoms with Gasteiger partial charge in [0.1, 0.15) is 17.2 Å². The van der Waals surface area contributed by atoms with E-state index < -0.39 is 0 Å². The first-order valence-corrected chi connectivity index (χ1v) is 13.1. The molecular formula is C36H21N3O3. The first-order chi connectivity index (χ1) is 20.5. The summed E-state index contributed by atoms with van der Waals surface area (Å²) >= 11 is 0. The monoisotopic (exact) mass is 543 g/mol. The third kappa shape index (κ3) is 4.75. The van der Waals surface area contributed by atoms with Crippen LogP contribution in [0.2, 0.25) is 0 Å². The van der Waals surface area contributed by atoms with Crippen LogP contribution in [0.25, 0.3) is 32.7 Å². The van der Waals surface area contributed by atoms with Crippen molar-refractivity contribution in [2.75, 3.05) is 0 Å². The zero-order chi connectivity index (χ0) is 28.6. The molecule has 0 unspecified atom stereocenters. The average molecular weight is 544 g/mol. The number of aromatic amines is 3. The summed E-state index contributed by atoms with van der Waals surface area (Å²) in [5.41, 5.74) is 7.15. The fraction of sp³-hybridized carbons (Fsp3) is 0. The number of nitrogens with one attached hydrogen (secondary N) is 3. The molecule has 0 aliphatic heterocycles. The number of hydrogen-bond acceptors (Lipinski definition) is 3. The fourth-order valence-corrected chi connectivity index (χ4v) is 4.92. The van der Waals surface area contributed by atoms with Crippen molar-refractivity contribution in [3.63, 3.8) is 0 Å². The molecule has 0 atom stereocenters. The summed E-state index contributed by atoms with van der Waals surface area (Å²) in [6, 6.07) is 21.2. The van der Waals surface area contributed by atoms with E-state index in [4.69, 9.17) is 0 Å². The Bertz CT molecular complexity index is 2090. The van der Waals surface area contributed by atoms with Crippen LogP contribution in [0.15, 0.2) is 91.4 Å². The van der Waals surface area contributed by atoms with E-state index in [1.165, 1.54) is 0 Å². The molecule has 6 heteroatoms. The van der Waals surface area contributed by atoms with Crippen LogP contribution in [0, 0.1) is 35.5 Å². The molecule has 0 spiro atoms. The standard InChI is InChI=1S/C36H21N3O3/c40-28-7-10-31-25(19-37-34(31)16-28)4-1-22-13-23(2-5-26-20-38-35-17-29(41)8-11-32(26)35)15-24(14-22)3-6-27-21-39-36-18-30(42)9-12-33(27)36/h7-21,37-42H. The predicted octanol–water partition coefficient (Wildman–Crippen LogP) is 6.45. The Morgan fingerprint density at radius 2 is 0.690 bits per heavy atom. The first-order valence-electron chi connectivity index (χ1n) is 13.1. The van der Waals surface area contributed by atoms with Crippen LogP contribution in [0.4, 0.5) is 0 Å². The van der Waals surface area contributed by atoms with E-state index in [0.717, 1.165) is 66.1 Å². The largest absolute Gasteiger partial charge is 0.508 e. The smallest absolute Gasteiger partial charge is 0.117 e. The average Bonchev–Trinajstić information content (AvgIpc) is 3.69. The Balaban J connectivity index is 1.30. The van der Waals surface area contributed by atoms with Gasteiger partial charge in [-0.15, -0.1) is 0 Å². The van der Waals surface area contributed by atoms with E-state index in [1.54, 1.807) is 36.4 Å². The molecule has 3 aromatic heterocycles. The highest BCUT2D eigenvalue weighted by Gasteiger charge is 2.05.